The molecule has 0 radical (unpaired) electrons. The summed E-state index contributed by atoms with van der Waals surface area (Å²) in [5.74, 6) is -0.940. The Morgan fingerprint density at radius 3 is 2.68 bits per heavy atom. The molecule has 2 aromatic carbocycles. The number of hydrogen-bond acceptors (Lipinski definition) is 3. The van der Waals surface area contributed by atoms with Gasteiger partial charge in [0.1, 0.15) is 11.6 Å². The van der Waals surface area contributed by atoms with Crippen LogP contribution in [-0.4, -0.2) is 18.9 Å². The van der Waals surface area contributed by atoms with E-state index in [-0.39, 0.29) is 24.1 Å². The molecule has 0 saturated heterocycles. The van der Waals surface area contributed by atoms with E-state index < -0.39 is 5.92 Å². The minimum atomic E-state index is -0.464. The Hall–Kier alpha value is -2.86. The molecule has 2 aromatic rings. The van der Waals surface area contributed by atoms with Gasteiger partial charge in [0.15, 0.2) is 0 Å². The van der Waals surface area contributed by atoms with Crippen molar-refractivity contribution >= 4 is 29.1 Å². The maximum atomic E-state index is 13.3. The number of nitrogens with one attached hydrogen (secondary N) is 2. The lowest BCUT2D eigenvalue weighted by Gasteiger charge is -2.24. The molecule has 0 aliphatic carbocycles. The predicted octanol–water partition coefficient (Wildman–Crippen LogP) is 4.18. The highest BCUT2D eigenvalue weighted by molar-refractivity contribution is 6.32. The second kappa shape index (κ2) is 8.44. The average Bonchev–Trinajstić information content (AvgIpc) is 2.69. The highest BCUT2D eigenvalue weighted by atomic mass is 35.5. The third-order valence-electron chi connectivity index (χ3n) is 4.69. The van der Waals surface area contributed by atoms with Gasteiger partial charge in [0, 0.05) is 35.9 Å². The van der Waals surface area contributed by atoms with Gasteiger partial charge in [-0.05, 0) is 35.7 Å². The quantitative estimate of drug-likeness (QED) is 0.788. The van der Waals surface area contributed by atoms with E-state index in [4.69, 9.17) is 16.3 Å². The van der Waals surface area contributed by atoms with Crippen molar-refractivity contribution in [2.24, 2.45) is 0 Å². The van der Waals surface area contributed by atoms with Gasteiger partial charge in [-0.2, -0.15) is 0 Å². The zero-order valence-corrected chi connectivity index (χ0v) is 16.3. The molecular weight excluding hydrogens is 383 g/mol. The Labute approximate surface area is 167 Å². The minimum Gasteiger partial charge on any atom is -0.495 e. The average molecular weight is 403 g/mol. The Bertz CT molecular complexity index is 941. The smallest absolute Gasteiger partial charge is 0.253 e. The predicted molar refractivity (Wildman–Crippen MR) is 106 cm³/mol. The van der Waals surface area contributed by atoms with Crippen molar-refractivity contribution in [3.63, 3.8) is 0 Å². The summed E-state index contributed by atoms with van der Waals surface area (Å²) in [5.41, 5.74) is 2.53. The SMILES string of the molecule is CCc1cc(Cl)c(OC)cc1NC(=O)C1=CNC(=O)C[C@H]1c1ccc(F)cc1. The lowest BCUT2D eigenvalue weighted by Crippen LogP contribution is -2.32. The molecular formula is C21H20ClFN2O3. The van der Waals surface area contributed by atoms with Crippen LogP contribution in [0.3, 0.4) is 0 Å². The number of methoxy groups -OCH3 is 1. The van der Waals surface area contributed by atoms with E-state index in [0.717, 1.165) is 5.56 Å². The van der Waals surface area contributed by atoms with Gasteiger partial charge in [-0.1, -0.05) is 30.7 Å². The summed E-state index contributed by atoms with van der Waals surface area (Å²) in [7, 11) is 1.50. The minimum absolute atomic E-state index is 0.107. The number of anilines is 1. The van der Waals surface area contributed by atoms with Crippen LogP contribution in [0.15, 0.2) is 48.2 Å². The second-order valence-electron chi connectivity index (χ2n) is 6.43. The maximum absolute atomic E-state index is 13.3. The van der Waals surface area contributed by atoms with Crippen LogP contribution in [0.4, 0.5) is 10.1 Å². The van der Waals surface area contributed by atoms with Gasteiger partial charge in [0.2, 0.25) is 5.91 Å². The van der Waals surface area contributed by atoms with Crippen molar-refractivity contribution in [2.45, 2.75) is 25.7 Å². The van der Waals surface area contributed by atoms with Gasteiger partial charge >= 0.3 is 0 Å². The van der Waals surface area contributed by atoms with Crippen LogP contribution >= 0.6 is 11.6 Å². The second-order valence-corrected chi connectivity index (χ2v) is 6.83. The molecule has 1 aliphatic rings. The van der Waals surface area contributed by atoms with Crippen LogP contribution in [0, 0.1) is 5.82 Å². The Balaban J connectivity index is 1.92. The summed E-state index contributed by atoms with van der Waals surface area (Å²) in [6, 6.07) is 9.23. The molecule has 28 heavy (non-hydrogen) atoms. The number of carbonyl (C=O) groups is 2. The zero-order chi connectivity index (χ0) is 20.3. The fraction of sp³-hybridized carbons (Fsp3) is 0.238. The molecule has 2 N–H and O–H groups in total. The lowest BCUT2D eigenvalue weighted by atomic mass is 9.86. The number of aryl methyl sites for hydroxylation is 1. The van der Waals surface area contributed by atoms with E-state index >= 15 is 0 Å². The third kappa shape index (κ3) is 4.17. The van der Waals surface area contributed by atoms with Crippen LogP contribution in [0.2, 0.25) is 5.02 Å². The monoisotopic (exact) mass is 402 g/mol. The third-order valence-corrected chi connectivity index (χ3v) is 4.99. The van der Waals surface area contributed by atoms with E-state index in [9.17, 15) is 14.0 Å². The maximum Gasteiger partial charge on any atom is 0.253 e. The fourth-order valence-electron chi connectivity index (χ4n) is 3.18. The number of carbonyl (C=O) groups excluding carboxylic acids is 2. The molecule has 0 fully saturated rings. The largest absolute Gasteiger partial charge is 0.495 e. The van der Waals surface area contributed by atoms with Gasteiger partial charge in [-0.15, -0.1) is 0 Å². The molecule has 0 bridgehead atoms. The van der Waals surface area contributed by atoms with Gasteiger partial charge in [-0.3, -0.25) is 9.59 Å². The highest BCUT2D eigenvalue weighted by Crippen LogP contribution is 2.34. The van der Waals surface area contributed by atoms with E-state index in [1.54, 1.807) is 24.3 Å². The summed E-state index contributed by atoms with van der Waals surface area (Å²) in [6.07, 6.45) is 2.18. The molecule has 0 unspecified atom stereocenters. The molecule has 1 atom stereocenters. The van der Waals surface area contributed by atoms with E-state index in [2.05, 4.69) is 10.6 Å². The normalized spacial score (nSPS) is 16.2. The first-order valence-electron chi connectivity index (χ1n) is 8.85. The van der Waals surface area contributed by atoms with Crippen molar-refractivity contribution in [2.75, 3.05) is 12.4 Å². The van der Waals surface area contributed by atoms with Crippen molar-refractivity contribution in [1.82, 2.24) is 5.32 Å². The van der Waals surface area contributed by atoms with Crippen molar-refractivity contribution in [3.8, 4) is 5.75 Å². The fourth-order valence-corrected chi connectivity index (χ4v) is 3.45. The summed E-state index contributed by atoms with van der Waals surface area (Å²) >= 11 is 6.17. The summed E-state index contributed by atoms with van der Waals surface area (Å²) in [6.45, 7) is 1.95. The van der Waals surface area contributed by atoms with Gasteiger partial charge in [0.25, 0.3) is 5.91 Å². The van der Waals surface area contributed by atoms with Crippen molar-refractivity contribution in [3.05, 3.63) is 70.1 Å². The number of ether oxygens (including phenoxy) is 1. The summed E-state index contributed by atoms with van der Waals surface area (Å²) in [4.78, 5) is 24.9. The molecule has 0 spiro atoms. The summed E-state index contributed by atoms with van der Waals surface area (Å²) in [5, 5.41) is 5.94. The number of halogens is 2. The number of benzene rings is 2. The zero-order valence-electron chi connectivity index (χ0n) is 15.5. The first kappa shape index (κ1) is 19.9. The molecule has 0 saturated carbocycles. The van der Waals surface area contributed by atoms with E-state index in [1.165, 1.54) is 25.4 Å². The first-order chi connectivity index (χ1) is 13.4. The molecule has 146 valence electrons. The molecule has 0 aromatic heterocycles. The van der Waals surface area contributed by atoms with Crippen LogP contribution < -0.4 is 15.4 Å². The number of hydrogen-bond donors (Lipinski definition) is 2. The van der Waals surface area contributed by atoms with E-state index in [1.807, 2.05) is 6.92 Å². The van der Waals surface area contributed by atoms with Crippen molar-refractivity contribution < 1.29 is 18.7 Å². The standard InChI is InChI=1S/C21H20ClFN2O3/c1-3-12-8-17(22)19(28-2)10-18(12)25-21(27)16-11-24-20(26)9-15(16)13-4-6-14(23)7-5-13/h4-8,10-11,15H,3,9H2,1-2H3,(H,24,26)(H,25,27)/t15-/m0/s1. The van der Waals surface area contributed by atoms with Gasteiger partial charge in [0.05, 0.1) is 12.1 Å². The summed E-state index contributed by atoms with van der Waals surface area (Å²) < 4.78 is 18.5. The molecule has 5 nitrogen and oxygen atoms in total. The van der Waals surface area contributed by atoms with Crippen LogP contribution in [0.25, 0.3) is 0 Å². The van der Waals surface area contributed by atoms with E-state index in [0.29, 0.717) is 34.0 Å². The molecule has 7 heteroatoms. The van der Waals surface area contributed by atoms with Crippen LogP contribution in [0.1, 0.15) is 30.4 Å². The first-order valence-corrected chi connectivity index (χ1v) is 9.23. The van der Waals surface area contributed by atoms with Crippen LogP contribution in [0.5, 0.6) is 5.75 Å². The molecule has 2 amide bonds. The topological polar surface area (TPSA) is 67.4 Å². The van der Waals surface area contributed by atoms with Crippen molar-refractivity contribution in [1.29, 1.82) is 0 Å². The molecule has 1 aliphatic heterocycles. The highest BCUT2D eigenvalue weighted by Gasteiger charge is 2.29. The van der Waals surface area contributed by atoms with Gasteiger partial charge in [-0.25, -0.2) is 4.39 Å². The Morgan fingerprint density at radius 2 is 2.04 bits per heavy atom. The Kier molecular flexibility index (Phi) is 5.99. The molecule has 1 heterocycles. The number of rotatable bonds is 5. The van der Waals surface area contributed by atoms with Crippen LogP contribution in [-0.2, 0) is 16.0 Å². The molecule has 3 rings (SSSR count). The van der Waals surface area contributed by atoms with Gasteiger partial charge < -0.3 is 15.4 Å². The lowest BCUT2D eigenvalue weighted by molar-refractivity contribution is -0.121. The number of amides is 2. The Morgan fingerprint density at radius 1 is 1.32 bits per heavy atom.